The molecule has 1 aromatic carbocycles. The van der Waals surface area contributed by atoms with Crippen LogP contribution in [0.1, 0.15) is 24.2 Å². The lowest BCUT2D eigenvalue weighted by Gasteiger charge is -2.24. The second-order valence-electron chi connectivity index (χ2n) is 8.14. The maximum atomic E-state index is 6.14. The van der Waals surface area contributed by atoms with E-state index in [1.807, 2.05) is 56.3 Å². The number of rotatable bonds is 6. The van der Waals surface area contributed by atoms with Crippen LogP contribution in [-0.4, -0.2) is 39.3 Å². The van der Waals surface area contributed by atoms with Crippen molar-refractivity contribution in [1.82, 2.24) is 25.4 Å². The number of nitrogens with zero attached hydrogens (tertiary/aromatic N) is 4. The molecule has 0 bridgehead atoms. The summed E-state index contributed by atoms with van der Waals surface area (Å²) in [7, 11) is 0. The normalized spacial score (nSPS) is 15.9. The first kappa shape index (κ1) is 21.1. The lowest BCUT2D eigenvalue weighted by molar-refractivity contribution is 0.167. The molecule has 1 atom stereocenters. The molecule has 4 aromatic rings. The lowest BCUT2D eigenvalue weighted by Crippen LogP contribution is -2.37. The number of hydrogen-bond acceptors (Lipinski definition) is 8. The van der Waals surface area contributed by atoms with Crippen LogP contribution in [-0.2, 0) is 0 Å². The number of pyridine rings is 1. The van der Waals surface area contributed by atoms with E-state index in [-0.39, 0.29) is 6.10 Å². The molecular weight excluding hydrogens is 416 g/mol. The highest BCUT2D eigenvalue weighted by Crippen LogP contribution is 2.34. The van der Waals surface area contributed by atoms with Crippen molar-refractivity contribution in [1.29, 1.82) is 0 Å². The Bertz CT molecular complexity index is 1230. The molecule has 33 heavy (non-hydrogen) atoms. The van der Waals surface area contributed by atoms with Gasteiger partial charge in [0.25, 0.3) is 0 Å². The molecule has 2 N–H and O–H groups in total. The Labute approximate surface area is 192 Å². The first-order valence-electron chi connectivity index (χ1n) is 11.1. The van der Waals surface area contributed by atoms with Gasteiger partial charge in [0, 0.05) is 30.7 Å². The maximum Gasteiger partial charge on any atom is 0.227 e. The van der Waals surface area contributed by atoms with Gasteiger partial charge in [-0.15, -0.1) is 0 Å². The summed E-state index contributed by atoms with van der Waals surface area (Å²) in [5.41, 5.74) is 4.76. The van der Waals surface area contributed by atoms with E-state index in [1.165, 1.54) is 0 Å². The second-order valence-corrected chi connectivity index (χ2v) is 8.14. The monoisotopic (exact) mass is 442 g/mol. The number of piperidine rings is 1. The number of nitrogens with one attached hydrogen (secondary N) is 2. The summed E-state index contributed by atoms with van der Waals surface area (Å²) in [6.45, 7) is 5.78. The van der Waals surface area contributed by atoms with E-state index < -0.39 is 0 Å². The second kappa shape index (κ2) is 9.38. The average molecular weight is 443 g/mol. The largest absolute Gasteiger partial charge is 0.489 e. The fourth-order valence-corrected chi connectivity index (χ4v) is 3.97. The van der Waals surface area contributed by atoms with Gasteiger partial charge in [0.2, 0.25) is 5.95 Å². The van der Waals surface area contributed by atoms with Gasteiger partial charge in [-0.05, 0) is 63.1 Å². The van der Waals surface area contributed by atoms with E-state index in [9.17, 15) is 0 Å². The Hall–Kier alpha value is -3.78. The molecule has 0 amide bonds. The Morgan fingerprint density at radius 3 is 2.85 bits per heavy atom. The molecule has 1 aliphatic heterocycles. The summed E-state index contributed by atoms with van der Waals surface area (Å²) < 4.78 is 11.7. The van der Waals surface area contributed by atoms with E-state index in [0.717, 1.165) is 59.9 Å². The molecule has 8 heteroatoms. The fraction of sp³-hybridized carbons (Fsp3) is 0.280. The molecule has 0 spiro atoms. The van der Waals surface area contributed by atoms with Crippen LogP contribution >= 0.6 is 0 Å². The summed E-state index contributed by atoms with van der Waals surface area (Å²) in [5, 5.41) is 10.9. The first-order valence-corrected chi connectivity index (χ1v) is 11.1. The third-order valence-corrected chi connectivity index (χ3v) is 5.62. The molecular formula is C25H26N6O2. The standard InChI is InChI=1S/C25H26N6O2/c1-16-14-28-25(29-18-7-5-8-19(13-18)32-20-9-6-11-26-15-20)30-23(16)22-17(2)33-31-24(22)21-10-3-4-12-27-21/h3-5,7-8,10,12-14,20,26H,6,9,11,15H2,1-2H3,(H,28,29,30). The SMILES string of the molecule is Cc1cnc(Nc2cccc(OC3CCCNC3)c2)nc1-c1c(-c2ccccn2)noc1C. The quantitative estimate of drug-likeness (QED) is 0.444. The molecule has 0 aliphatic carbocycles. The van der Waals surface area contributed by atoms with Crippen molar-refractivity contribution in [3.8, 4) is 28.4 Å². The zero-order chi connectivity index (χ0) is 22.6. The van der Waals surface area contributed by atoms with Crippen LogP contribution < -0.4 is 15.4 Å². The van der Waals surface area contributed by atoms with Crippen molar-refractivity contribution in [3.05, 3.63) is 66.2 Å². The Kier molecular flexibility index (Phi) is 5.99. The minimum atomic E-state index is 0.192. The van der Waals surface area contributed by atoms with Crippen LogP contribution in [0.3, 0.4) is 0 Å². The van der Waals surface area contributed by atoms with Gasteiger partial charge in [-0.3, -0.25) is 4.98 Å². The lowest BCUT2D eigenvalue weighted by atomic mass is 10.0. The van der Waals surface area contributed by atoms with Gasteiger partial charge in [0.05, 0.1) is 17.0 Å². The van der Waals surface area contributed by atoms with Crippen molar-refractivity contribution in [2.45, 2.75) is 32.8 Å². The number of anilines is 2. The van der Waals surface area contributed by atoms with Crippen LogP contribution in [0, 0.1) is 13.8 Å². The summed E-state index contributed by atoms with van der Waals surface area (Å²) in [4.78, 5) is 13.7. The van der Waals surface area contributed by atoms with Crippen LogP contribution in [0.25, 0.3) is 22.6 Å². The first-order chi connectivity index (χ1) is 16.2. The highest BCUT2D eigenvalue weighted by atomic mass is 16.5. The molecule has 1 fully saturated rings. The zero-order valence-electron chi connectivity index (χ0n) is 18.7. The number of hydrogen-bond donors (Lipinski definition) is 2. The van der Waals surface area contributed by atoms with Crippen LogP contribution in [0.4, 0.5) is 11.6 Å². The average Bonchev–Trinajstić information content (AvgIpc) is 3.23. The highest BCUT2D eigenvalue weighted by Gasteiger charge is 2.21. The maximum absolute atomic E-state index is 6.14. The van der Waals surface area contributed by atoms with Gasteiger partial charge in [-0.1, -0.05) is 17.3 Å². The molecule has 5 rings (SSSR count). The smallest absolute Gasteiger partial charge is 0.227 e. The topological polar surface area (TPSA) is 98.0 Å². The van der Waals surface area contributed by atoms with Crippen molar-refractivity contribution >= 4 is 11.6 Å². The highest BCUT2D eigenvalue weighted by molar-refractivity contribution is 5.80. The van der Waals surface area contributed by atoms with Gasteiger partial charge in [-0.2, -0.15) is 0 Å². The van der Waals surface area contributed by atoms with Gasteiger partial charge in [0.15, 0.2) is 0 Å². The van der Waals surface area contributed by atoms with Crippen molar-refractivity contribution < 1.29 is 9.26 Å². The van der Waals surface area contributed by atoms with Crippen molar-refractivity contribution in [2.24, 2.45) is 0 Å². The molecule has 8 nitrogen and oxygen atoms in total. The minimum Gasteiger partial charge on any atom is -0.489 e. The summed E-state index contributed by atoms with van der Waals surface area (Å²) >= 11 is 0. The summed E-state index contributed by atoms with van der Waals surface area (Å²) in [6.07, 6.45) is 5.92. The Morgan fingerprint density at radius 1 is 1.09 bits per heavy atom. The van der Waals surface area contributed by atoms with Gasteiger partial charge in [0.1, 0.15) is 23.3 Å². The van der Waals surface area contributed by atoms with E-state index in [1.54, 1.807) is 12.4 Å². The Morgan fingerprint density at radius 2 is 2.03 bits per heavy atom. The molecule has 0 radical (unpaired) electrons. The minimum absolute atomic E-state index is 0.192. The number of ether oxygens (including phenoxy) is 1. The molecule has 1 unspecified atom stereocenters. The van der Waals surface area contributed by atoms with E-state index in [0.29, 0.717) is 17.4 Å². The summed E-state index contributed by atoms with van der Waals surface area (Å²) in [6, 6.07) is 13.6. The van der Waals surface area contributed by atoms with Crippen LogP contribution in [0.2, 0.25) is 0 Å². The van der Waals surface area contributed by atoms with Crippen LogP contribution in [0.15, 0.2) is 59.4 Å². The van der Waals surface area contributed by atoms with E-state index in [2.05, 4.69) is 25.8 Å². The predicted molar refractivity (Wildman–Crippen MR) is 126 cm³/mol. The molecule has 168 valence electrons. The van der Waals surface area contributed by atoms with Crippen molar-refractivity contribution in [2.75, 3.05) is 18.4 Å². The molecule has 0 saturated carbocycles. The molecule has 1 saturated heterocycles. The van der Waals surface area contributed by atoms with Gasteiger partial charge < -0.3 is 19.9 Å². The van der Waals surface area contributed by atoms with Gasteiger partial charge >= 0.3 is 0 Å². The summed E-state index contributed by atoms with van der Waals surface area (Å²) in [5.74, 6) is 1.99. The molecule has 1 aliphatic rings. The Balaban J connectivity index is 1.42. The van der Waals surface area contributed by atoms with E-state index >= 15 is 0 Å². The zero-order valence-corrected chi connectivity index (χ0v) is 18.7. The van der Waals surface area contributed by atoms with Gasteiger partial charge in [-0.25, -0.2) is 9.97 Å². The molecule has 3 aromatic heterocycles. The number of aryl methyl sites for hydroxylation is 2. The van der Waals surface area contributed by atoms with Crippen molar-refractivity contribution in [3.63, 3.8) is 0 Å². The number of aromatic nitrogens is 4. The van der Waals surface area contributed by atoms with Crippen LogP contribution in [0.5, 0.6) is 5.75 Å². The third-order valence-electron chi connectivity index (χ3n) is 5.62. The fourth-order valence-electron chi connectivity index (χ4n) is 3.97. The molecule has 4 heterocycles. The third kappa shape index (κ3) is 4.70. The number of benzene rings is 1. The van der Waals surface area contributed by atoms with E-state index in [4.69, 9.17) is 14.2 Å². The predicted octanol–water partition coefficient (Wildman–Crippen LogP) is 4.68.